The molecule has 4 nitrogen and oxygen atoms in total. The fourth-order valence-corrected chi connectivity index (χ4v) is 2.67. The first-order chi connectivity index (χ1) is 9.22. The Morgan fingerprint density at radius 1 is 1.47 bits per heavy atom. The molecule has 0 spiro atoms. The van der Waals surface area contributed by atoms with Crippen molar-refractivity contribution in [1.29, 1.82) is 0 Å². The molecular formula is C14H22BrN3O. The van der Waals surface area contributed by atoms with Gasteiger partial charge >= 0.3 is 0 Å². The molecule has 0 bridgehead atoms. The highest BCUT2D eigenvalue weighted by atomic mass is 79.9. The van der Waals surface area contributed by atoms with E-state index in [2.05, 4.69) is 33.3 Å². The summed E-state index contributed by atoms with van der Waals surface area (Å²) < 4.78 is 2.37. The van der Waals surface area contributed by atoms with Crippen molar-refractivity contribution in [3.8, 4) is 0 Å². The Morgan fingerprint density at radius 3 is 2.89 bits per heavy atom. The van der Waals surface area contributed by atoms with Crippen molar-refractivity contribution < 1.29 is 0 Å². The van der Waals surface area contributed by atoms with Crippen LogP contribution < -0.4 is 10.9 Å². The Bertz CT molecular complexity index is 468. The monoisotopic (exact) mass is 327 g/mol. The molecule has 0 radical (unpaired) electrons. The van der Waals surface area contributed by atoms with E-state index in [4.69, 9.17) is 0 Å². The normalized spacial score (nSPS) is 15.3. The predicted molar refractivity (Wildman–Crippen MR) is 81.6 cm³/mol. The van der Waals surface area contributed by atoms with E-state index >= 15 is 0 Å². The molecule has 1 fully saturated rings. The molecular weight excluding hydrogens is 306 g/mol. The molecule has 1 aromatic rings. The number of unbranched alkanes of at least 4 members (excludes halogenated alkanes) is 2. The Balaban J connectivity index is 2.03. The van der Waals surface area contributed by atoms with Crippen molar-refractivity contribution in [2.45, 2.75) is 52.0 Å². The van der Waals surface area contributed by atoms with Gasteiger partial charge in [0.05, 0.1) is 10.7 Å². The molecule has 1 saturated carbocycles. The van der Waals surface area contributed by atoms with Gasteiger partial charge in [0.2, 0.25) is 0 Å². The number of aromatic nitrogens is 2. The molecule has 0 aromatic carbocycles. The second kappa shape index (κ2) is 7.08. The van der Waals surface area contributed by atoms with Crippen molar-refractivity contribution >= 4 is 21.6 Å². The molecule has 0 saturated heterocycles. The zero-order valence-electron chi connectivity index (χ0n) is 11.5. The van der Waals surface area contributed by atoms with Gasteiger partial charge in [0, 0.05) is 13.1 Å². The van der Waals surface area contributed by atoms with Gasteiger partial charge in [0.25, 0.3) is 5.56 Å². The van der Waals surface area contributed by atoms with Gasteiger partial charge in [0.15, 0.2) is 0 Å². The molecule has 0 unspecified atom stereocenters. The van der Waals surface area contributed by atoms with Crippen LogP contribution >= 0.6 is 15.9 Å². The Labute approximate surface area is 122 Å². The Hall–Kier alpha value is -0.840. The molecule has 0 amide bonds. The first-order valence-corrected chi connectivity index (χ1v) is 8.01. The van der Waals surface area contributed by atoms with Crippen LogP contribution in [0.15, 0.2) is 15.5 Å². The van der Waals surface area contributed by atoms with Crippen LogP contribution in [0, 0.1) is 5.92 Å². The third kappa shape index (κ3) is 3.81. The topological polar surface area (TPSA) is 46.9 Å². The molecule has 5 heteroatoms. The van der Waals surface area contributed by atoms with Crippen LogP contribution in [0.2, 0.25) is 0 Å². The SMILES string of the molecule is CCCCCNc1c(Br)cnn(CC2CCC2)c1=O. The lowest BCUT2D eigenvalue weighted by Crippen LogP contribution is -2.31. The number of anilines is 1. The van der Waals surface area contributed by atoms with Crippen molar-refractivity contribution in [2.75, 3.05) is 11.9 Å². The lowest BCUT2D eigenvalue weighted by Gasteiger charge is -2.25. The molecule has 0 aliphatic heterocycles. The molecule has 1 N–H and O–H groups in total. The molecule has 19 heavy (non-hydrogen) atoms. The van der Waals surface area contributed by atoms with Crippen molar-refractivity contribution in [2.24, 2.45) is 5.92 Å². The van der Waals surface area contributed by atoms with E-state index in [1.54, 1.807) is 10.9 Å². The molecule has 1 aromatic heterocycles. The highest BCUT2D eigenvalue weighted by Gasteiger charge is 2.20. The van der Waals surface area contributed by atoms with E-state index < -0.39 is 0 Å². The van der Waals surface area contributed by atoms with Gasteiger partial charge in [-0.1, -0.05) is 26.2 Å². The zero-order valence-corrected chi connectivity index (χ0v) is 13.1. The molecule has 1 aliphatic rings. The average Bonchev–Trinajstić information content (AvgIpc) is 2.35. The molecule has 2 rings (SSSR count). The zero-order chi connectivity index (χ0) is 13.7. The van der Waals surface area contributed by atoms with Crippen LogP contribution in [0.3, 0.4) is 0 Å². The lowest BCUT2D eigenvalue weighted by atomic mass is 9.85. The first kappa shape index (κ1) is 14.6. The largest absolute Gasteiger partial charge is 0.380 e. The van der Waals surface area contributed by atoms with Gasteiger partial charge in [-0.25, -0.2) is 4.68 Å². The van der Waals surface area contributed by atoms with Gasteiger partial charge in [0.1, 0.15) is 5.69 Å². The van der Waals surface area contributed by atoms with E-state index in [-0.39, 0.29) is 5.56 Å². The predicted octanol–water partition coefficient (Wildman–Crippen LogP) is 3.41. The first-order valence-electron chi connectivity index (χ1n) is 7.22. The third-order valence-electron chi connectivity index (χ3n) is 3.74. The minimum Gasteiger partial charge on any atom is -0.380 e. The van der Waals surface area contributed by atoms with Crippen LogP contribution in [0.5, 0.6) is 0 Å². The molecule has 106 valence electrons. The van der Waals surface area contributed by atoms with Crippen LogP contribution in [-0.4, -0.2) is 16.3 Å². The fraction of sp³-hybridized carbons (Fsp3) is 0.714. The summed E-state index contributed by atoms with van der Waals surface area (Å²) >= 11 is 3.41. The second-order valence-electron chi connectivity index (χ2n) is 5.29. The number of rotatable bonds is 7. The summed E-state index contributed by atoms with van der Waals surface area (Å²) in [6, 6.07) is 0. The highest BCUT2D eigenvalue weighted by molar-refractivity contribution is 9.10. The summed E-state index contributed by atoms with van der Waals surface area (Å²) in [5.74, 6) is 0.638. The molecule has 1 aliphatic carbocycles. The molecule has 1 heterocycles. The van der Waals surface area contributed by atoms with Crippen molar-refractivity contribution in [3.05, 3.63) is 21.0 Å². The maximum atomic E-state index is 12.3. The summed E-state index contributed by atoms with van der Waals surface area (Å²) in [6.45, 7) is 3.78. The quantitative estimate of drug-likeness (QED) is 0.780. The van der Waals surface area contributed by atoms with Crippen LogP contribution in [-0.2, 0) is 6.54 Å². The summed E-state index contributed by atoms with van der Waals surface area (Å²) in [5.41, 5.74) is 0.656. The maximum absolute atomic E-state index is 12.3. The van der Waals surface area contributed by atoms with E-state index in [1.807, 2.05) is 0 Å². The highest BCUT2D eigenvalue weighted by Crippen LogP contribution is 2.27. The van der Waals surface area contributed by atoms with Crippen LogP contribution in [0.4, 0.5) is 5.69 Å². The smallest absolute Gasteiger partial charge is 0.291 e. The van der Waals surface area contributed by atoms with E-state index in [0.29, 0.717) is 11.6 Å². The Morgan fingerprint density at radius 2 is 2.26 bits per heavy atom. The average molecular weight is 328 g/mol. The standard InChI is InChI=1S/C14H22BrN3O/c1-2-3-4-8-16-13-12(15)9-17-18(14(13)19)10-11-6-5-7-11/h9,11,16H,2-8,10H2,1H3. The number of hydrogen-bond donors (Lipinski definition) is 1. The number of halogens is 1. The van der Waals surface area contributed by atoms with Crippen molar-refractivity contribution in [3.63, 3.8) is 0 Å². The van der Waals surface area contributed by atoms with Gasteiger partial charge in [-0.05, 0) is 41.1 Å². The van der Waals surface area contributed by atoms with E-state index in [0.717, 1.165) is 24.0 Å². The number of nitrogens with one attached hydrogen (secondary N) is 1. The number of hydrogen-bond acceptors (Lipinski definition) is 3. The van der Waals surface area contributed by atoms with Gasteiger partial charge < -0.3 is 5.32 Å². The third-order valence-corrected chi connectivity index (χ3v) is 4.34. The lowest BCUT2D eigenvalue weighted by molar-refractivity contribution is 0.262. The van der Waals surface area contributed by atoms with Gasteiger partial charge in [-0.3, -0.25) is 4.79 Å². The van der Waals surface area contributed by atoms with E-state index in [1.165, 1.54) is 32.1 Å². The van der Waals surface area contributed by atoms with Crippen molar-refractivity contribution in [1.82, 2.24) is 9.78 Å². The Kier molecular flexibility index (Phi) is 5.43. The molecule has 0 atom stereocenters. The summed E-state index contributed by atoms with van der Waals surface area (Å²) in [4.78, 5) is 12.3. The van der Waals surface area contributed by atoms with Gasteiger partial charge in [-0.2, -0.15) is 5.10 Å². The fourth-order valence-electron chi connectivity index (χ4n) is 2.27. The number of nitrogens with zero attached hydrogens (tertiary/aromatic N) is 2. The summed E-state index contributed by atoms with van der Waals surface area (Å²) in [6.07, 6.45) is 8.93. The van der Waals surface area contributed by atoms with E-state index in [9.17, 15) is 4.79 Å². The minimum atomic E-state index is -0.00206. The second-order valence-corrected chi connectivity index (χ2v) is 6.14. The minimum absolute atomic E-state index is 0.00206. The summed E-state index contributed by atoms with van der Waals surface area (Å²) in [7, 11) is 0. The van der Waals surface area contributed by atoms with Gasteiger partial charge in [-0.15, -0.1) is 0 Å². The maximum Gasteiger partial charge on any atom is 0.291 e. The van der Waals surface area contributed by atoms with Crippen LogP contribution in [0.25, 0.3) is 0 Å². The summed E-state index contributed by atoms with van der Waals surface area (Å²) in [5, 5.41) is 7.47. The van der Waals surface area contributed by atoms with Crippen LogP contribution in [0.1, 0.15) is 45.4 Å².